The minimum Gasteiger partial charge on any atom is -0.327 e. The van der Waals surface area contributed by atoms with E-state index in [1.807, 2.05) is 0 Å². The molecule has 0 aromatic heterocycles. The van der Waals surface area contributed by atoms with E-state index in [2.05, 4.69) is 30.8 Å². The molecular formula is C11H25N3. The standard InChI is InChI=1S/C11H25N3/c1-10(12)8-14(3)9-11-4-6-13(2)7-5-11/h10-11H,4-9,12H2,1-3H3. The van der Waals surface area contributed by atoms with E-state index in [0.717, 1.165) is 12.5 Å². The number of nitrogens with two attached hydrogens (primary N) is 1. The Morgan fingerprint density at radius 2 is 2.00 bits per heavy atom. The lowest BCUT2D eigenvalue weighted by Crippen LogP contribution is -2.39. The molecule has 0 saturated carbocycles. The Hall–Kier alpha value is -0.120. The Kier molecular flexibility index (Phi) is 4.85. The summed E-state index contributed by atoms with van der Waals surface area (Å²) < 4.78 is 0. The van der Waals surface area contributed by atoms with Gasteiger partial charge < -0.3 is 15.5 Å². The smallest absolute Gasteiger partial charge is 0.0139 e. The molecule has 14 heavy (non-hydrogen) atoms. The molecule has 1 fully saturated rings. The number of likely N-dealkylation sites (N-methyl/N-ethyl adjacent to an activating group) is 1. The summed E-state index contributed by atoms with van der Waals surface area (Å²) in [6.45, 7) is 6.83. The van der Waals surface area contributed by atoms with E-state index in [1.165, 1.54) is 32.5 Å². The van der Waals surface area contributed by atoms with Crippen molar-refractivity contribution >= 4 is 0 Å². The lowest BCUT2D eigenvalue weighted by molar-refractivity contribution is 0.173. The summed E-state index contributed by atoms with van der Waals surface area (Å²) in [5.74, 6) is 0.884. The molecule has 1 atom stereocenters. The van der Waals surface area contributed by atoms with E-state index >= 15 is 0 Å². The summed E-state index contributed by atoms with van der Waals surface area (Å²) in [6.07, 6.45) is 2.69. The molecule has 0 aromatic carbocycles. The van der Waals surface area contributed by atoms with Crippen LogP contribution in [0.2, 0.25) is 0 Å². The number of hydrogen-bond acceptors (Lipinski definition) is 3. The van der Waals surface area contributed by atoms with Gasteiger partial charge in [0.2, 0.25) is 0 Å². The van der Waals surface area contributed by atoms with Crippen molar-refractivity contribution in [1.29, 1.82) is 0 Å². The van der Waals surface area contributed by atoms with Crippen molar-refractivity contribution in [3.63, 3.8) is 0 Å². The van der Waals surface area contributed by atoms with E-state index < -0.39 is 0 Å². The van der Waals surface area contributed by atoms with Crippen molar-refractivity contribution in [2.24, 2.45) is 11.7 Å². The predicted molar refractivity (Wildman–Crippen MR) is 61.4 cm³/mol. The van der Waals surface area contributed by atoms with E-state index in [9.17, 15) is 0 Å². The number of nitrogens with zero attached hydrogens (tertiary/aromatic N) is 2. The first kappa shape index (κ1) is 12.0. The van der Waals surface area contributed by atoms with E-state index in [1.54, 1.807) is 0 Å². The van der Waals surface area contributed by atoms with Crippen LogP contribution in [0.15, 0.2) is 0 Å². The van der Waals surface area contributed by atoms with Gasteiger partial charge in [0.1, 0.15) is 0 Å². The molecule has 0 amide bonds. The van der Waals surface area contributed by atoms with Crippen molar-refractivity contribution < 1.29 is 0 Å². The molecule has 1 heterocycles. The molecular weight excluding hydrogens is 174 g/mol. The lowest BCUT2D eigenvalue weighted by Gasteiger charge is -2.32. The molecule has 0 bridgehead atoms. The maximum absolute atomic E-state index is 5.77. The Labute approximate surface area is 88.2 Å². The van der Waals surface area contributed by atoms with Crippen LogP contribution >= 0.6 is 0 Å². The highest BCUT2D eigenvalue weighted by Gasteiger charge is 2.18. The van der Waals surface area contributed by atoms with Gasteiger partial charge in [-0.1, -0.05) is 0 Å². The van der Waals surface area contributed by atoms with Crippen LogP contribution in [0.25, 0.3) is 0 Å². The van der Waals surface area contributed by atoms with Gasteiger partial charge in [-0.05, 0) is 52.9 Å². The minimum atomic E-state index is 0.297. The zero-order valence-corrected chi connectivity index (χ0v) is 9.87. The Morgan fingerprint density at radius 3 is 2.50 bits per heavy atom. The molecule has 0 aliphatic carbocycles. The van der Waals surface area contributed by atoms with Crippen molar-refractivity contribution in [2.45, 2.75) is 25.8 Å². The van der Waals surface area contributed by atoms with Crippen molar-refractivity contribution in [3.05, 3.63) is 0 Å². The average molecular weight is 199 g/mol. The third-order valence-electron chi connectivity index (χ3n) is 3.01. The van der Waals surface area contributed by atoms with E-state index in [-0.39, 0.29) is 0 Å². The SMILES string of the molecule is CC(N)CN(C)CC1CCN(C)CC1. The van der Waals surface area contributed by atoms with Crippen molar-refractivity contribution in [2.75, 3.05) is 40.3 Å². The molecule has 1 aliphatic heterocycles. The first-order valence-electron chi connectivity index (χ1n) is 5.70. The van der Waals surface area contributed by atoms with Crippen molar-refractivity contribution in [1.82, 2.24) is 9.80 Å². The molecule has 1 rings (SSSR count). The predicted octanol–water partition coefficient (Wildman–Crippen LogP) is 0.607. The molecule has 1 saturated heterocycles. The van der Waals surface area contributed by atoms with Gasteiger partial charge in [0.15, 0.2) is 0 Å². The Bertz CT molecular complexity index is 151. The zero-order chi connectivity index (χ0) is 10.6. The van der Waals surface area contributed by atoms with Gasteiger partial charge in [0, 0.05) is 19.1 Å². The molecule has 1 aliphatic rings. The second-order valence-electron chi connectivity index (χ2n) is 4.95. The van der Waals surface area contributed by atoms with Gasteiger partial charge in [-0.15, -0.1) is 0 Å². The van der Waals surface area contributed by atoms with E-state index in [4.69, 9.17) is 5.73 Å². The first-order chi connectivity index (χ1) is 6.58. The van der Waals surface area contributed by atoms with Crippen LogP contribution < -0.4 is 5.73 Å². The third-order valence-corrected chi connectivity index (χ3v) is 3.01. The number of rotatable bonds is 4. The molecule has 84 valence electrons. The summed E-state index contributed by atoms with van der Waals surface area (Å²) in [5, 5.41) is 0. The van der Waals surface area contributed by atoms with Crippen LogP contribution in [0.4, 0.5) is 0 Å². The second kappa shape index (κ2) is 5.69. The summed E-state index contributed by atoms with van der Waals surface area (Å²) in [6, 6.07) is 0.297. The highest BCUT2D eigenvalue weighted by atomic mass is 15.1. The fraction of sp³-hybridized carbons (Fsp3) is 1.00. The van der Waals surface area contributed by atoms with Crippen LogP contribution in [0, 0.1) is 5.92 Å². The van der Waals surface area contributed by atoms with Gasteiger partial charge in [-0.25, -0.2) is 0 Å². The van der Waals surface area contributed by atoms with Crippen LogP contribution in [0.3, 0.4) is 0 Å². The van der Waals surface area contributed by atoms with Gasteiger partial charge in [-0.3, -0.25) is 0 Å². The van der Waals surface area contributed by atoms with Crippen LogP contribution in [0.1, 0.15) is 19.8 Å². The summed E-state index contributed by atoms with van der Waals surface area (Å²) in [5.41, 5.74) is 5.77. The largest absolute Gasteiger partial charge is 0.327 e. The van der Waals surface area contributed by atoms with E-state index in [0.29, 0.717) is 6.04 Å². The zero-order valence-electron chi connectivity index (χ0n) is 9.87. The second-order valence-corrected chi connectivity index (χ2v) is 4.95. The van der Waals surface area contributed by atoms with Crippen molar-refractivity contribution in [3.8, 4) is 0 Å². The molecule has 1 unspecified atom stereocenters. The highest BCUT2D eigenvalue weighted by Crippen LogP contribution is 2.16. The van der Waals surface area contributed by atoms with Crippen LogP contribution in [-0.2, 0) is 0 Å². The quantitative estimate of drug-likeness (QED) is 0.720. The Balaban J connectivity index is 2.17. The van der Waals surface area contributed by atoms with Gasteiger partial charge >= 0.3 is 0 Å². The van der Waals surface area contributed by atoms with Crippen LogP contribution in [0.5, 0.6) is 0 Å². The van der Waals surface area contributed by atoms with Gasteiger partial charge in [0.25, 0.3) is 0 Å². The molecule has 0 radical (unpaired) electrons. The number of hydrogen-bond donors (Lipinski definition) is 1. The average Bonchev–Trinajstić information content (AvgIpc) is 2.07. The fourth-order valence-electron chi connectivity index (χ4n) is 2.25. The fourth-order valence-corrected chi connectivity index (χ4v) is 2.25. The van der Waals surface area contributed by atoms with Crippen LogP contribution in [-0.4, -0.2) is 56.1 Å². The molecule has 0 spiro atoms. The molecule has 2 N–H and O–H groups in total. The maximum atomic E-state index is 5.77. The number of likely N-dealkylation sites (tertiary alicyclic amines) is 1. The maximum Gasteiger partial charge on any atom is 0.0139 e. The Morgan fingerprint density at radius 1 is 1.43 bits per heavy atom. The third kappa shape index (κ3) is 4.40. The summed E-state index contributed by atoms with van der Waals surface area (Å²) >= 11 is 0. The molecule has 3 heteroatoms. The minimum absolute atomic E-state index is 0.297. The van der Waals surface area contributed by atoms with Gasteiger partial charge in [0.05, 0.1) is 0 Å². The monoisotopic (exact) mass is 199 g/mol. The topological polar surface area (TPSA) is 32.5 Å². The summed E-state index contributed by atoms with van der Waals surface area (Å²) in [4.78, 5) is 4.79. The highest BCUT2D eigenvalue weighted by molar-refractivity contribution is 4.73. The molecule has 0 aromatic rings. The first-order valence-corrected chi connectivity index (χ1v) is 5.70. The summed E-state index contributed by atoms with van der Waals surface area (Å²) in [7, 11) is 4.39. The normalized spacial score (nSPS) is 22.9. The number of piperidine rings is 1. The lowest BCUT2D eigenvalue weighted by atomic mass is 9.96. The molecule has 3 nitrogen and oxygen atoms in total. The van der Waals surface area contributed by atoms with Gasteiger partial charge in [-0.2, -0.15) is 0 Å².